The van der Waals surface area contributed by atoms with Gasteiger partial charge in [-0.2, -0.15) is 13.2 Å². The highest BCUT2D eigenvalue weighted by molar-refractivity contribution is 7.89. The van der Waals surface area contributed by atoms with Gasteiger partial charge in [-0.3, -0.25) is 0 Å². The quantitative estimate of drug-likeness (QED) is 0.748. The maximum absolute atomic E-state index is 12.2. The number of rotatable bonds is 3. The van der Waals surface area contributed by atoms with E-state index < -0.39 is 10.0 Å². The Morgan fingerprint density at radius 3 is 2.45 bits per heavy atom. The normalized spacial score (nSPS) is 12.7. The fourth-order valence-electron chi connectivity index (χ4n) is 2.06. The summed E-state index contributed by atoms with van der Waals surface area (Å²) in [6.07, 6.45) is 0. The maximum atomic E-state index is 12.2. The minimum Gasteiger partial charge on any atom is -0.318 e. The van der Waals surface area contributed by atoms with Crippen LogP contribution in [-0.4, -0.2) is 13.0 Å². The number of hydrogen-bond acceptors (Lipinski definition) is 4. The molecule has 0 amide bonds. The molecule has 1 N–H and O–H groups in total. The van der Waals surface area contributed by atoms with Crippen molar-refractivity contribution in [2.75, 3.05) is 0 Å². The van der Waals surface area contributed by atoms with Crippen molar-refractivity contribution >= 4 is 31.6 Å². The lowest BCUT2D eigenvalue weighted by atomic mass is 10.2. The third-order valence-corrected chi connectivity index (χ3v) is 5.64. The molecule has 0 aliphatic rings. The number of sulfonamides is 1. The largest absolute Gasteiger partial charge is 0.318 e. The molecule has 1 heterocycles. The fraction of sp³-hybridized carbons (Fsp3) is 0.133. The Hall–Kier alpha value is -2.12. The Labute approximate surface area is 132 Å². The molecule has 7 heteroatoms. The van der Waals surface area contributed by atoms with E-state index in [0.29, 0.717) is 4.80 Å². The Balaban J connectivity index is 1.98. The number of thiazole rings is 1. The zero-order chi connectivity index (χ0) is 15.7. The molecular formula is C15H15N3O2S2. The minimum absolute atomic E-state index is 0.200. The summed E-state index contributed by atoms with van der Waals surface area (Å²) in [5.74, 6) is 0. The summed E-state index contributed by atoms with van der Waals surface area (Å²) in [5, 5.41) is 4.06. The van der Waals surface area contributed by atoms with Crippen LogP contribution < -0.4 is 9.63 Å². The number of aryl methyl sites for hydroxylation is 2. The number of fused-ring (bicyclic) bond motifs is 1. The molecule has 0 fully saturated rings. The van der Waals surface area contributed by atoms with Crippen LogP contribution in [0.1, 0.15) is 5.56 Å². The lowest BCUT2D eigenvalue weighted by Gasteiger charge is -2.03. The molecule has 5 nitrogen and oxygen atoms in total. The summed E-state index contributed by atoms with van der Waals surface area (Å²) >= 11 is 1.43. The van der Waals surface area contributed by atoms with Crippen LogP contribution >= 0.6 is 11.3 Å². The average Bonchev–Trinajstić information content (AvgIpc) is 2.83. The lowest BCUT2D eigenvalue weighted by molar-refractivity contribution is 0.582. The molecule has 0 atom stereocenters. The number of nitrogens with zero attached hydrogens (tertiary/aromatic N) is 2. The number of para-hydroxylation sites is 1. The smallest absolute Gasteiger partial charge is 0.276 e. The second-order valence-electron chi connectivity index (χ2n) is 4.93. The van der Waals surface area contributed by atoms with Crippen LogP contribution in [0.2, 0.25) is 0 Å². The van der Waals surface area contributed by atoms with E-state index in [1.165, 1.54) is 11.3 Å². The van der Waals surface area contributed by atoms with Gasteiger partial charge in [0.25, 0.3) is 10.0 Å². The molecule has 0 radical (unpaired) electrons. The Morgan fingerprint density at radius 2 is 1.77 bits per heavy atom. The maximum Gasteiger partial charge on any atom is 0.276 e. The molecule has 3 rings (SSSR count). The van der Waals surface area contributed by atoms with Crippen LogP contribution in [-0.2, 0) is 17.1 Å². The van der Waals surface area contributed by atoms with Crippen LogP contribution in [0.25, 0.3) is 10.2 Å². The third-order valence-electron chi connectivity index (χ3n) is 3.31. The first kappa shape index (κ1) is 14.8. The van der Waals surface area contributed by atoms with Crippen molar-refractivity contribution in [2.45, 2.75) is 11.8 Å². The van der Waals surface area contributed by atoms with Crippen LogP contribution in [0.4, 0.5) is 0 Å². The summed E-state index contributed by atoms with van der Waals surface area (Å²) in [6.45, 7) is 1.91. The highest BCUT2D eigenvalue weighted by Gasteiger charge is 2.12. The molecule has 3 aromatic rings. The molecule has 0 unspecified atom stereocenters. The lowest BCUT2D eigenvalue weighted by Crippen LogP contribution is -2.23. The van der Waals surface area contributed by atoms with Crippen LogP contribution in [0.15, 0.2) is 58.5 Å². The average molecular weight is 333 g/mol. The van der Waals surface area contributed by atoms with E-state index in [1.807, 2.05) is 42.8 Å². The highest BCUT2D eigenvalue weighted by Crippen LogP contribution is 2.15. The molecule has 114 valence electrons. The van der Waals surface area contributed by atoms with Gasteiger partial charge in [0.05, 0.1) is 15.1 Å². The number of nitrogens with one attached hydrogen (secondary N) is 1. The standard InChI is InChI=1S/C15H15N3O2S2/c1-11-7-9-12(10-8-11)22(19,20)17-16-15-18(2)13-5-3-4-6-14(13)21-15/h3-10,17H,1-2H3/b16-15+. The van der Waals surface area contributed by atoms with Gasteiger partial charge in [-0.25, -0.2) is 0 Å². The van der Waals surface area contributed by atoms with E-state index >= 15 is 0 Å². The van der Waals surface area contributed by atoms with Crippen molar-refractivity contribution in [1.29, 1.82) is 0 Å². The second-order valence-corrected chi connectivity index (χ2v) is 7.60. The molecule has 0 saturated carbocycles. The van der Waals surface area contributed by atoms with Crippen LogP contribution in [0, 0.1) is 6.92 Å². The summed E-state index contributed by atoms with van der Waals surface area (Å²) < 4.78 is 27.4. The Kier molecular flexibility index (Phi) is 3.76. The van der Waals surface area contributed by atoms with Gasteiger partial charge in [-0.15, -0.1) is 5.10 Å². The van der Waals surface area contributed by atoms with Gasteiger partial charge in [0.2, 0.25) is 4.80 Å². The van der Waals surface area contributed by atoms with Gasteiger partial charge in [-0.1, -0.05) is 41.2 Å². The molecule has 1 aromatic heterocycles. The van der Waals surface area contributed by atoms with Crippen LogP contribution in [0.5, 0.6) is 0 Å². The van der Waals surface area contributed by atoms with E-state index in [4.69, 9.17) is 0 Å². The van der Waals surface area contributed by atoms with Gasteiger partial charge < -0.3 is 4.57 Å². The van der Waals surface area contributed by atoms with Crippen molar-refractivity contribution in [1.82, 2.24) is 9.40 Å². The molecule has 0 aliphatic heterocycles. The number of benzene rings is 2. The van der Waals surface area contributed by atoms with Gasteiger partial charge in [0.1, 0.15) is 0 Å². The fourth-order valence-corrected chi connectivity index (χ4v) is 3.90. The van der Waals surface area contributed by atoms with E-state index in [-0.39, 0.29) is 4.90 Å². The van der Waals surface area contributed by atoms with Gasteiger partial charge >= 0.3 is 0 Å². The Bertz CT molecular complexity index is 984. The van der Waals surface area contributed by atoms with Gasteiger partial charge in [0.15, 0.2) is 0 Å². The van der Waals surface area contributed by atoms with E-state index in [0.717, 1.165) is 15.8 Å². The minimum atomic E-state index is -3.65. The number of aromatic nitrogens is 1. The summed E-state index contributed by atoms with van der Waals surface area (Å²) in [7, 11) is -1.79. The number of hydrogen-bond donors (Lipinski definition) is 1. The van der Waals surface area contributed by atoms with E-state index in [9.17, 15) is 8.42 Å². The SMILES string of the molecule is Cc1ccc(S(=O)(=O)N/N=c2/sc3ccccc3n2C)cc1. The van der Waals surface area contributed by atoms with E-state index in [2.05, 4.69) is 9.93 Å². The summed E-state index contributed by atoms with van der Waals surface area (Å²) in [6, 6.07) is 14.5. The first-order valence-corrected chi connectivity index (χ1v) is 8.94. The summed E-state index contributed by atoms with van der Waals surface area (Å²) in [4.78, 5) is 3.09. The first-order chi connectivity index (χ1) is 10.5. The van der Waals surface area contributed by atoms with Crippen molar-refractivity contribution in [3.63, 3.8) is 0 Å². The topological polar surface area (TPSA) is 63.5 Å². The second kappa shape index (κ2) is 5.58. The predicted molar refractivity (Wildman–Crippen MR) is 87.9 cm³/mol. The molecule has 0 aliphatic carbocycles. The van der Waals surface area contributed by atoms with Crippen LogP contribution in [0.3, 0.4) is 0 Å². The van der Waals surface area contributed by atoms with Crippen molar-refractivity contribution in [3.05, 3.63) is 58.9 Å². The van der Waals surface area contributed by atoms with Crippen molar-refractivity contribution in [3.8, 4) is 0 Å². The molecule has 0 saturated heterocycles. The van der Waals surface area contributed by atoms with Gasteiger partial charge in [-0.05, 0) is 31.2 Å². The monoisotopic (exact) mass is 333 g/mol. The first-order valence-electron chi connectivity index (χ1n) is 6.64. The zero-order valence-electron chi connectivity index (χ0n) is 12.1. The van der Waals surface area contributed by atoms with Crippen molar-refractivity contribution in [2.24, 2.45) is 12.1 Å². The summed E-state index contributed by atoms with van der Waals surface area (Å²) in [5.41, 5.74) is 2.02. The van der Waals surface area contributed by atoms with Gasteiger partial charge in [0, 0.05) is 7.05 Å². The molecular weight excluding hydrogens is 318 g/mol. The molecule has 2 aromatic carbocycles. The molecule has 0 spiro atoms. The predicted octanol–water partition coefficient (Wildman–Crippen LogP) is 2.34. The van der Waals surface area contributed by atoms with E-state index in [1.54, 1.807) is 24.3 Å². The van der Waals surface area contributed by atoms with Crippen molar-refractivity contribution < 1.29 is 8.42 Å². The Morgan fingerprint density at radius 1 is 1.09 bits per heavy atom. The third kappa shape index (κ3) is 2.77. The highest BCUT2D eigenvalue weighted by atomic mass is 32.2. The zero-order valence-corrected chi connectivity index (χ0v) is 13.8. The molecule has 0 bridgehead atoms. The molecule has 22 heavy (non-hydrogen) atoms.